The minimum atomic E-state index is 0.142. The first-order valence-electron chi connectivity index (χ1n) is 4.53. The van der Waals surface area contributed by atoms with Crippen LogP contribution in [0.3, 0.4) is 0 Å². The molecule has 0 spiro atoms. The van der Waals surface area contributed by atoms with E-state index in [1.165, 1.54) is 24.3 Å². The van der Waals surface area contributed by atoms with E-state index in [-0.39, 0.29) is 11.4 Å². The molecule has 84 valence electrons. The summed E-state index contributed by atoms with van der Waals surface area (Å²) >= 11 is 0. The second-order valence-electron chi connectivity index (χ2n) is 3.14. The minimum absolute atomic E-state index is 0.142. The van der Waals surface area contributed by atoms with Crippen molar-refractivity contribution < 1.29 is 14.4 Å². The Morgan fingerprint density at radius 1 is 0.882 bits per heavy atom. The van der Waals surface area contributed by atoms with Gasteiger partial charge in [0, 0.05) is 5.56 Å². The van der Waals surface area contributed by atoms with Crippen molar-refractivity contribution in [1.29, 1.82) is 0 Å². The van der Waals surface area contributed by atoms with Gasteiger partial charge in [0.1, 0.15) is 11.4 Å². The molecule has 17 heavy (non-hydrogen) atoms. The van der Waals surface area contributed by atoms with E-state index < -0.39 is 0 Å². The summed E-state index contributed by atoms with van der Waals surface area (Å²) < 4.78 is 0. The minimum Gasteiger partial charge on any atom is -0.211 e. The number of rotatable bonds is 3. The van der Waals surface area contributed by atoms with Crippen LogP contribution < -0.4 is 0 Å². The molecule has 0 aliphatic rings. The molecule has 0 heterocycles. The monoisotopic (exact) mass is 229 g/mol. The Balaban J connectivity index is 3.74. The second kappa shape index (κ2) is 5.45. The summed E-state index contributed by atoms with van der Waals surface area (Å²) in [6.45, 7) is 3.28. The largest absolute Gasteiger partial charge is 0.240 e. The molecule has 1 rings (SSSR count). The van der Waals surface area contributed by atoms with Crippen LogP contribution in [0.5, 0.6) is 0 Å². The van der Waals surface area contributed by atoms with E-state index in [9.17, 15) is 14.4 Å². The van der Waals surface area contributed by atoms with Gasteiger partial charge in [-0.3, -0.25) is 0 Å². The van der Waals surface area contributed by atoms with Crippen molar-refractivity contribution in [2.24, 2.45) is 15.0 Å². The van der Waals surface area contributed by atoms with E-state index in [0.717, 1.165) is 0 Å². The van der Waals surface area contributed by atoms with Gasteiger partial charge in [0.25, 0.3) is 0 Å². The van der Waals surface area contributed by atoms with Crippen LogP contribution in [-0.4, -0.2) is 18.2 Å². The summed E-state index contributed by atoms with van der Waals surface area (Å²) in [7, 11) is 0. The topological polar surface area (TPSA) is 88.3 Å². The molecule has 0 amide bonds. The summed E-state index contributed by atoms with van der Waals surface area (Å²) in [4.78, 5) is 41.2. The smallest absolute Gasteiger partial charge is 0.211 e. The van der Waals surface area contributed by atoms with Crippen LogP contribution in [0.4, 0.5) is 17.1 Å². The standard InChI is InChI=1S/C11H7N3O3/c1-7-3-9(12-4-15)11(14-6-17)8(2)10(7)13-5-16/h3H,1-2H3. The highest BCUT2D eigenvalue weighted by Gasteiger charge is 2.12. The summed E-state index contributed by atoms with van der Waals surface area (Å²) in [6, 6.07) is 1.48. The Morgan fingerprint density at radius 3 is 1.94 bits per heavy atom. The van der Waals surface area contributed by atoms with Crippen molar-refractivity contribution in [3.63, 3.8) is 0 Å². The van der Waals surface area contributed by atoms with Crippen LogP contribution >= 0.6 is 0 Å². The number of aliphatic imine (C=N–C) groups is 3. The van der Waals surface area contributed by atoms with Gasteiger partial charge in [-0.1, -0.05) is 0 Å². The normalized spacial score (nSPS) is 8.59. The Morgan fingerprint density at radius 2 is 1.41 bits per heavy atom. The van der Waals surface area contributed by atoms with Crippen LogP contribution in [0, 0.1) is 13.8 Å². The fraction of sp³-hybridized carbons (Fsp3) is 0.182. The third kappa shape index (κ3) is 2.48. The summed E-state index contributed by atoms with van der Waals surface area (Å²) in [6.07, 6.45) is 4.14. The van der Waals surface area contributed by atoms with Crippen molar-refractivity contribution in [2.45, 2.75) is 13.8 Å². The first-order chi connectivity index (χ1) is 8.15. The van der Waals surface area contributed by atoms with Crippen molar-refractivity contribution in [2.75, 3.05) is 0 Å². The zero-order valence-corrected chi connectivity index (χ0v) is 9.14. The molecule has 0 atom stereocenters. The van der Waals surface area contributed by atoms with Gasteiger partial charge in [-0.2, -0.15) is 15.0 Å². The third-order valence-electron chi connectivity index (χ3n) is 2.16. The van der Waals surface area contributed by atoms with Crippen molar-refractivity contribution >= 4 is 35.3 Å². The van der Waals surface area contributed by atoms with Gasteiger partial charge >= 0.3 is 0 Å². The van der Waals surface area contributed by atoms with Crippen LogP contribution in [0.1, 0.15) is 11.1 Å². The van der Waals surface area contributed by atoms with Crippen LogP contribution in [0.15, 0.2) is 21.0 Å². The molecule has 6 nitrogen and oxygen atoms in total. The zero-order chi connectivity index (χ0) is 12.8. The molecule has 0 bridgehead atoms. The number of nitrogens with zero attached hydrogens (tertiary/aromatic N) is 3. The van der Waals surface area contributed by atoms with Crippen molar-refractivity contribution in [3.05, 3.63) is 17.2 Å². The fourth-order valence-corrected chi connectivity index (χ4v) is 1.48. The lowest BCUT2D eigenvalue weighted by molar-refractivity contribution is 0.564. The maximum atomic E-state index is 10.3. The first kappa shape index (κ1) is 12.4. The van der Waals surface area contributed by atoms with E-state index >= 15 is 0 Å². The third-order valence-corrected chi connectivity index (χ3v) is 2.16. The Hall–Kier alpha value is -2.64. The maximum Gasteiger partial charge on any atom is 0.240 e. The van der Waals surface area contributed by atoms with Gasteiger partial charge in [0.2, 0.25) is 18.2 Å². The molecule has 1 aromatic rings. The number of carbonyl (C=O) groups excluding carboxylic acids is 3. The van der Waals surface area contributed by atoms with Crippen molar-refractivity contribution in [3.8, 4) is 0 Å². The molecule has 0 fully saturated rings. The van der Waals surface area contributed by atoms with Crippen LogP contribution in [0.2, 0.25) is 0 Å². The molecule has 6 heteroatoms. The molecule has 0 aromatic heterocycles. The maximum absolute atomic E-state index is 10.3. The lowest BCUT2D eigenvalue weighted by Gasteiger charge is -2.07. The first-order valence-corrected chi connectivity index (χ1v) is 4.53. The van der Waals surface area contributed by atoms with Crippen LogP contribution in [0.25, 0.3) is 0 Å². The highest BCUT2D eigenvalue weighted by molar-refractivity contribution is 5.79. The van der Waals surface area contributed by atoms with Crippen LogP contribution in [-0.2, 0) is 14.4 Å². The van der Waals surface area contributed by atoms with E-state index in [1.54, 1.807) is 13.8 Å². The van der Waals surface area contributed by atoms with Gasteiger partial charge in [0.15, 0.2) is 0 Å². The average Bonchev–Trinajstić information content (AvgIpc) is 2.30. The molecule has 0 saturated heterocycles. The van der Waals surface area contributed by atoms with Gasteiger partial charge in [-0.15, -0.1) is 0 Å². The van der Waals surface area contributed by atoms with Crippen molar-refractivity contribution in [1.82, 2.24) is 0 Å². The lowest BCUT2D eigenvalue weighted by Crippen LogP contribution is -1.83. The van der Waals surface area contributed by atoms with Gasteiger partial charge in [-0.05, 0) is 25.5 Å². The average molecular weight is 229 g/mol. The molecular weight excluding hydrogens is 222 g/mol. The predicted molar refractivity (Wildman–Crippen MR) is 59.3 cm³/mol. The molecule has 1 aromatic carbocycles. The molecule has 0 N–H and O–H groups in total. The molecule has 0 aliphatic carbocycles. The molecule has 0 saturated carbocycles. The highest BCUT2D eigenvalue weighted by atomic mass is 16.1. The second-order valence-corrected chi connectivity index (χ2v) is 3.14. The van der Waals surface area contributed by atoms with E-state index in [2.05, 4.69) is 15.0 Å². The quantitative estimate of drug-likeness (QED) is 0.587. The Labute approximate surface area is 96.4 Å². The summed E-state index contributed by atoms with van der Waals surface area (Å²) in [5, 5.41) is 0. The summed E-state index contributed by atoms with van der Waals surface area (Å²) in [5.41, 5.74) is 1.74. The molecular formula is C11H7N3O3. The van der Waals surface area contributed by atoms with Gasteiger partial charge in [-0.25, -0.2) is 14.4 Å². The number of isocyanates is 3. The number of aryl methyl sites for hydroxylation is 1. The summed E-state index contributed by atoms with van der Waals surface area (Å²) in [5.74, 6) is 0. The zero-order valence-electron chi connectivity index (χ0n) is 9.14. The lowest BCUT2D eigenvalue weighted by atomic mass is 10.1. The predicted octanol–water partition coefficient (Wildman–Crippen LogP) is 2.21. The van der Waals surface area contributed by atoms with E-state index in [0.29, 0.717) is 16.8 Å². The van der Waals surface area contributed by atoms with Gasteiger partial charge in [0.05, 0.1) is 5.69 Å². The Bertz CT molecular complexity index is 603. The number of hydrogen-bond acceptors (Lipinski definition) is 6. The fourth-order valence-electron chi connectivity index (χ4n) is 1.48. The molecule has 0 unspecified atom stereocenters. The number of benzene rings is 1. The van der Waals surface area contributed by atoms with Gasteiger partial charge < -0.3 is 0 Å². The molecule has 0 radical (unpaired) electrons. The Kier molecular flexibility index (Phi) is 3.98. The molecule has 0 aliphatic heterocycles. The van der Waals surface area contributed by atoms with E-state index in [4.69, 9.17) is 0 Å². The SMILES string of the molecule is Cc1cc(N=C=O)c(N=C=O)c(C)c1N=C=O. The van der Waals surface area contributed by atoms with E-state index in [1.807, 2.05) is 0 Å². The highest BCUT2D eigenvalue weighted by Crippen LogP contribution is 2.39. The number of hydrogen-bond donors (Lipinski definition) is 0.